The minimum Gasteiger partial charge on any atom is -0.297 e. The van der Waals surface area contributed by atoms with Crippen LogP contribution in [0.2, 0.25) is 0 Å². The Bertz CT molecular complexity index is 741. The van der Waals surface area contributed by atoms with Crippen LogP contribution in [0.15, 0.2) is 0 Å². The normalized spacial score (nSPS) is 21.2. The molecule has 0 spiro atoms. The van der Waals surface area contributed by atoms with Gasteiger partial charge < -0.3 is 0 Å². The average molecular weight is 318 g/mol. The molecule has 0 saturated carbocycles. The summed E-state index contributed by atoms with van der Waals surface area (Å²) >= 11 is 0. The molecular formula is C15H6F4N4. The fourth-order valence-corrected chi connectivity index (χ4v) is 2.89. The summed E-state index contributed by atoms with van der Waals surface area (Å²) < 4.78 is 55.2. The van der Waals surface area contributed by atoms with E-state index in [-0.39, 0.29) is 6.42 Å². The van der Waals surface area contributed by atoms with E-state index in [0.717, 1.165) is 0 Å². The molecule has 4 unspecified atom stereocenters. The summed E-state index contributed by atoms with van der Waals surface area (Å²) in [5, 5.41) is 17.9. The van der Waals surface area contributed by atoms with Gasteiger partial charge in [0.25, 0.3) is 0 Å². The fourth-order valence-electron chi connectivity index (χ4n) is 2.89. The zero-order valence-electron chi connectivity index (χ0n) is 11.3. The predicted molar refractivity (Wildman–Crippen MR) is 68.4 cm³/mol. The molecule has 0 amide bonds. The summed E-state index contributed by atoms with van der Waals surface area (Å²) in [7, 11) is 0. The lowest BCUT2D eigenvalue weighted by Crippen LogP contribution is -2.14. The maximum atomic E-state index is 14.1. The Balaban J connectivity index is 2.80. The summed E-state index contributed by atoms with van der Waals surface area (Å²) in [6, 6.07) is 0.270. The largest absolute Gasteiger partial charge is 0.314 e. The molecule has 1 aromatic rings. The van der Waals surface area contributed by atoms with Crippen LogP contribution in [0, 0.1) is 59.1 Å². The molecule has 8 heteroatoms. The van der Waals surface area contributed by atoms with Crippen molar-refractivity contribution in [3.8, 4) is 12.1 Å². The van der Waals surface area contributed by atoms with E-state index in [1.807, 2.05) is 0 Å². The summed E-state index contributed by atoms with van der Waals surface area (Å²) in [6.45, 7) is 13.9. The molecule has 1 aromatic carbocycles. The van der Waals surface area contributed by atoms with Gasteiger partial charge >= 0.3 is 12.1 Å². The third-order valence-corrected chi connectivity index (χ3v) is 3.90. The first-order chi connectivity index (χ1) is 10.9. The van der Waals surface area contributed by atoms with Gasteiger partial charge in [0.05, 0.1) is 11.8 Å². The molecule has 0 aliphatic heterocycles. The van der Waals surface area contributed by atoms with Crippen LogP contribution in [-0.4, -0.2) is 12.1 Å². The minimum absolute atomic E-state index is 0.284. The molecule has 0 fully saturated rings. The number of fused-ring (bicyclic) bond motifs is 1. The van der Waals surface area contributed by atoms with E-state index in [0.29, 0.717) is 0 Å². The zero-order chi connectivity index (χ0) is 17.3. The van der Waals surface area contributed by atoms with Gasteiger partial charge in [-0.15, -0.1) is 0 Å². The van der Waals surface area contributed by atoms with Gasteiger partial charge in [0.15, 0.2) is 35.4 Å². The second-order valence-electron chi connectivity index (χ2n) is 4.94. The topological polar surface area (TPSA) is 56.3 Å². The highest BCUT2D eigenvalue weighted by Gasteiger charge is 2.50. The van der Waals surface area contributed by atoms with Gasteiger partial charge in [-0.3, -0.25) is 9.69 Å². The highest BCUT2D eigenvalue weighted by molar-refractivity contribution is 5.47. The average Bonchev–Trinajstić information content (AvgIpc) is 2.94. The number of hydrogen-bond donors (Lipinski definition) is 0. The first-order valence-electron chi connectivity index (χ1n) is 6.30. The number of nitriles is 2. The number of halogens is 4. The van der Waals surface area contributed by atoms with Gasteiger partial charge in [0, 0.05) is 11.1 Å². The number of hydrogen-bond acceptors (Lipinski definition) is 2. The second-order valence-corrected chi connectivity index (χ2v) is 4.94. The van der Waals surface area contributed by atoms with Crippen LogP contribution < -0.4 is 0 Å². The Kier molecular flexibility index (Phi) is 4.21. The van der Waals surface area contributed by atoms with E-state index in [4.69, 9.17) is 23.7 Å². The van der Waals surface area contributed by atoms with Gasteiger partial charge in [-0.05, 0) is 6.42 Å². The highest BCUT2D eigenvalue weighted by atomic mass is 19.2. The van der Waals surface area contributed by atoms with Gasteiger partial charge in [-0.2, -0.15) is 10.5 Å². The Morgan fingerprint density at radius 2 is 1.17 bits per heavy atom. The van der Waals surface area contributed by atoms with Crippen molar-refractivity contribution in [1.82, 2.24) is 0 Å². The molecule has 0 radical (unpaired) electrons. The Morgan fingerprint density at radius 1 is 0.826 bits per heavy atom. The van der Waals surface area contributed by atoms with E-state index in [9.17, 15) is 17.6 Å². The molecule has 23 heavy (non-hydrogen) atoms. The van der Waals surface area contributed by atoms with Crippen molar-refractivity contribution >= 4 is 0 Å². The molecule has 0 heterocycles. The van der Waals surface area contributed by atoms with E-state index in [1.165, 1.54) is 0 Å². The molecule has 0 bridgehead atoms. The van der Waals surface area contributed by atoms with Crippen LogP contribution >= 0.6 is 0 Å². The van der Waals surface area contributed by atoms with Crippen molar-refractivity contribution in [2.45, 2.75) is 30.3 Å². The number of benzene rings is 1. The molecular weight excluding hydrogens is 312 g/mol. The lowest BCUT2D eigenvalue weighted by molar-refractivity contribution is 0.398. The van der Waals surface area contributed by atoms with Crippen LogP contribution in [0.3, 0.4) is 0 Å². The van der Waals surface area contributed by atoms with Crippen LogP contribution in [0.4, 0.5) is 17.6 Å². The summed E-state index contributed by atoms with van der Waals surface area (Å²) in [5.74, 6) is -9.91. The van der Waals surface area contributed by atoms with Crippen LogP contribution in [0.1, 0.15) is 29.4 Å². The monoisotopic (exact) mass is 318 g/mol. The minimum atomic E-state index is -2.04. The highest BCUT2D eigenvalue weighted by Crippen LogP contribution is 2.49. The van der Waals surface area contributed by atoms with Crippen molar-refractivity contribution in [2.24, 2.45) is 0 Å². The molecule has 0 saturated heterocycles. The molecule has 0 aromatic heterocycles. The zero-order valence-corrected chi connectivity index (χ0v) is 11.3. The van der Waals surface area contributed by atoms with Crippen LogP contribution in [0.5, 0.6) is 0 Å². The Morgan fingerprint density at radius 3 is 1.43 bits per heavy atom. The predicted octanol–water partition coefficient (Wildman–Crippen LogP) is 3.44. The van der Waals surface area contributed by atoms with Crippen molar-refractivity contribution in [3.63, 3.8) is 0 Å². The molecule has 1 aliphatic carbocycles. The molecule has 114 valence electrons. The maximum Gasteiger partial charge on any atom is 0.314 e. The first kappa shape index (κ1) is 16.3. The summed E-state index contributed by atoms with van der Waals surface area (Å²) in [4.78, 5) is 5.96. The molecule has 2 rings (SSSR count). The van der Waals surface area contributed by atoms with Crippen LogP contribution in [0.25, 0.3) is 9.69 Å². The molecule has 4 atom stereocenters. The van der Waals surface area contributed by atoms with Gasteiger partial charge in [-0.1, -0.05) is 0 Å². The first-order valence-corrected chi connectivity index (χ1v) is 6.30. The van der Waals surface area contributed by atoms with E-state index < -0.39 is 58.3 Å². The fraction of sp³-hybridized carbons (Fsp3) is 0.333. The van der Waals surface area contributed by atoms with E-state index in [1.54, 1.807) is 12.1 Å². The van der Waals surface area contributed by atoms with Gasteiger partial charge in [0.2, 0.25) is 0 Å². The van der Waals surface area contributed by atoms with E-state index in [2.05, 4.69) is 9.69 Å². The third-order valence-electron chi connectivity index (χ3n) is 3.90. The van der Waals surface area contributed by atoms with Crippen molar-refractivity contribution < 1.29 is 17.6 Å². The lowest BCUT2D eigenvalue weighted by atomic mass is 9.92. The standard InChI is InChI=1S/C15H6F4N4/c1-22-8(4-20)6-3-7(9(5-21)23-2)11-10(6)12(16)14(18)15(19)13(11)17/h6-9H,3H2. The van der Waals surface area contributed by atoms with Crippen molar-refractivity contribution in [3.05, 3.63) is 57.2 Å². The lowest BCUT2D eigenvalue weighted by Gasteiger charge is -2.11. The van der Waals surface area contributed by atoms with Crippen molar-refractivity contribution in [1.29, 1.82) is 10.5 Å². The number of nitrogens with zero attached hydrogens (tertiary/aromatic N) is 4. The van der Waals surface area contributed by atoms with Crippen molar-refractivity contribution in [2.75, 3.05) is 0 Å². The summed E-state index contributed by atoms with van der Waals surface area (Å²) in [6.07, 6.45) is -0.284. The maximum absolute atomic E-state index is 14.1. The Labute approximate surface area is 128 Å². The van der Waals surface area contributed by atoms with Crippen LogP contribution in [-0.2, 0) is 0 Å². The second kappa shape index (κ2) is 5.95. The Hall–Kier alpha value is -3.10. The molecule has 1 aliphatic rings. The quantitative estimate of drug-likeness (QED) is 0.363. The van der Waals surface area contributed by atoms with E-state index >= 15 is 0 Å². The number of rotatable bonds is 2. The molecule has 4 nitrogen and oxygen atoms in total. The third kappa shape index (κ3) is 2.26. The summed E-state index contributed by atoms with van der Waals surface area (Å²) in [5.41, 5.74) is -1.25. The smallest absolute Gasteiger partial charge is 0.297 e. The van der Waals surface area contributed by atoms with Gasteiger partial charge in [0.1, 0.15) is 0 Å². The van der Waals surface area contributed by atoms with Gasteiger partial charge in [-0.25, -0.2) is 30.7 Å². The SMILES string of the molecule is [C-]#[N+]C(C#N)C1CC(C(C#N)[N+]#[C-])c2c(F)c(F)c(F)c(F)c21. The molecule has 0 N–H and O–H groups in total.